The number of hydrogen-bond donors (Lipinski definition) is 2. The van der Waals surface area contributed by atoms with E-state index in [1.54, 1.807) is 12.1 Å². The highest BCUT2D eigenvalue weighted by molar-refractivity contribution is 5.77. The summed E-state index contributed by atoms with van der Waals surface area (Å²) in [6.45, 7) is 2.63. The maximum atomic E-state index is 12.2. The van der Waals surface area contributed by atoms with E-state index in [-0.39, 0.29) is 11.7 Å². The minimum absolute atomic E-state index is 0.256. The van der Waals surface area contributed by atoms with Crippen molar-refractivity contribution in [3.63, 3.8) is 0 Å². The monoisotopic (exact) mass is 260 g/mol. The highest BCUT2D eigenvalue weighted by atomic mass is 16.3. The summed E-state index contributed by atoms with van der Waals surface area (Å²) in [6.07, 6.45) is 2.70. The lowest BCUT2D eigenvalue weighted by molar-refractivity contribution is -0.140. The maximum Gasteiger partial charge on any atom is 0.223 e. The van der Waals surface area contributed by atoms with Crippen LogP contribution in [0.25, 0.3) is 0 Å². The molecule has 2 heterocycles. The lowest BCUT2D eigenvalue weighted by atomic mass is 9.84. The van der Waals surface area contributed by atoms with Gasteiger partial charge in [-0.25, -0.2) is 0 Å². The second kappa shape index (κ2) is 5.21. The molecule has 1 amide bonds. The predicted molar refractivity (Wildman–Crippen MR) is 72.7 cm³/mol. The molecule has 4 heteroatoms. The molecular weight excluding hydrogens is 240 g/mol. The smallest absolute Gasteiger partial charge is 0.223 e. The Morgan fingerprint density at radius 3 is 3.11 bits per heavy atom. The summed E-state index contributed by atoms with van der Waals surface area (Å²) in [7, 11) is 0. The van der Waals surface area contributed by atoms with E-state index < -0.39 is 0 Å². The van der Waals surface area contributed by atoms with Gasteiger partial charge in [-0.3, -0.25) is 4.79 Å². The summed E-state index contributed by atoms with van der Waals surface area (Å²) < 4.78 is 0. The highest BCUT2D eigenvalue weighted by Crippen LogP contribution is 2.30. The zero-order chi connectivity index (χ0) is 13.2. The van der Waals surface area contributed by atoms with Crippen LogP contribution < -0.4 is 5.32 Å². The molecule has 3 rings (SSSR count). The minimum Gasteiger partial charge on any atom is -0.508 e. The van der Waals surface area contributed by atoms with Gasteiger partial charge >= 0.3 is 0 Å². The van der Waals surface area contributed by atoms with E-state index in [1.807, 2.05) is 17.0 Å². The van der Waals surface area contributed by atoms with Gasteiger partial charge in [0.05, 0.1) is 0 Å². The van der Waals surface area contributed by atoms with Gasteiger partial charge in [-0.1, -0.05) is 12.1 Å². The molecule has 0 spiro atoms. The Hall–Kier alpha value is -1.55. The van der Waals surface area contributed by atoms with Gasteiger partial charge in [0.1, 0.15) is 5.75 Å². The van der Waals surface area contributed by atoms with E-state index in [2.05, 4.69) is 5.32 Å². The number of phenols is 1. The van der Waals surface area contributed by atoms with Crippen LogP contribution in [0.3, 0.4) is 0 Å². The molecule has 2 atom stereocenters. The van der Waals surface area contributed by atoms with Crippen LogP contribution in [0.15, 0.2) is 24.3 Å². The van der Waals surface area contributed by atoms with Gasteiger partial charge in [-0.2, -0.15) is 0 Å². The van der Waals surface area contributed by atoms with Crippen molar-refractivity contribution < 1.29 is 9.90 Å². The number of piperidine rings is 2. The Morgan fingerprint density at radius 2 is 2.26 bits per heavy atom. The molecule has 1 aromatic carbocycles. The predicted octanol–water partition coefficient (Wildman–Crippen LogP) is 1.49. The molecule has 0 aliphatic carbocycles. The van der Waals surface area contributed by atoms with Crippen LogP contribution in [0.5, 0.6) is 5.75 Å². The molecule has 2 aliphatic rings. The number of nitrogens with zero attached hydrogens (tertiary/aromatic N) is 1. The molecule has 1 aromatic rings. The van der Waals surface area contributed by atoms with Crippen molar-refractivity contribution in [2.24, 2.45) is 5.92 Å². The minimum atomic E-state index is 0.256. The molecule has 19 heavy (non-hydrogen) atoms. The van der Waals surface area contributed by atoms with Crippen LogP contribution in [0, 0.1) is 5.92 Å². The molecule has 0 radical (unpaired) electrons. The van der Waals surface area contributed by atoms with Crippen LogP contribution in [0.2, 0.25) is 0 Å². The fraction of sp³-hybridized carbons (Fsp3) is 0.533. The maximum absolute atomic E-state index is 12.2. The number of nitrogens with one attached hydrogen (secondary N) is 1. The van der Waals surface area contributed by atoms with E-state index in [4.69, 9.17) is 0 Å². The quantitative estimate of drug-likeness (QED) is 0.847. The number of rotatable bonds is 2. The molecule has 2 saturated heterocycles. The number of benzene rings is 1. The third-order valence-corrected chi connectivity index (χ3v) is 4.28. The number of hydrogen-bond acceptors (Lipinski definition) is 3. The Kier molecular flexibility index (Phi) is 3.42. The summed E-state index contributed by atoms with van der Waals surface area (Å²) in [4.78, 5) is 14.2. The third kappa shape index (κ3) is 2.59. The van der Waals surface area contributed by atoms with Crippen LogP contribution in [-0.4, -0.2) is 35.0 Å². The number of fused-ring (bicyclic) bond motifs is 1. The topological polar surface area (TPSA) is 52.6 Å². The van der Waals surface area contributed by atoms with Crippen molar-refractivity contribution in [3.8, 4) is 5.75 Å². The zero-order valence-electron chi connectivity index (χ0n) is 11.0. The molecule has 0 saturated carbocycles. The van der Waals surface area contributed by atoms with Crippen molar-refractivity contribution >= 4 is 5.91 Å². The SMILES string of the molecule is O=C1CCC2CNCCC2N1Cc1cccc(O)c1. The molecule has 102 valence electrons. The molecule has 2 fully saturated rings. The van der Waals surface area contributed by atoms with Gasteiger partial charge < -0.3 is 15.3 Å². The summed E-state index contributed by atoms with van der Waals surface area (Å²) >= 11 is 0. The molecular formula is C15H20N2O2. The van der Waals surface area contributed by atoms with Crippen molar-refractivity contribution in [1.82, 2.24) is 10.2 Å². The Bertz CT molecular complexity index is 475. The van der Waals surface area contributed by atoms with Gasteiger partial charge in [0.25, 0.3) is 0 Å². The number of likely N-dealkylation sites (tertiary alicyclic amines) is 1. The average molecular weight is 260 g/mol. The Balaban J connectivity index is 1.78. The first-order valence-electron chi connectivity index (χ1n) is 7.02. The average Bonchev–Trinajstić information content (AvgIpc) is 2.42. The van der Waals surface area contributed by atoms with Crippen molar-refractivity contribution in [3.05, 3.63) is 29.8 Å². The van der Waals surface area contributed by atoms with E-state index in [0.29, 0.717) is 24.9 Å². The van der Waals surface area contributed by atoms with Crippen molar-refractivity contribution in [2.45, 2.75) is 31.8 Å². The van der Waals surface area contributed by atoms with Crippen molar-refractivity contribution in [1.29, 1.82) is 0 Å². The number of amides is 1. The van der Waals surface area contributed by atoms with E-state index >= 15 is 0 Å². The summed E-state index contributed by atoms with van der Waals surface area (Å²) in [5.41, 5.74) is 1.01. The first-order chi connectivity index (χ1) is 9.24. The van der Waals surface area contributed by atoms with E-state index in [1.165, 1.54) is 0 Å². The molecule has 0 aromatic heterocycles. The van der Waals surface area contributed by atoms with Crippen molar-refractivity contribution in [2.75, 3.05) is 13.1 Å². The molecule has 2 N–H and O–H groups in total. The normalized spacial score (nSPS) is 27.2. The van der Waals surface area contributed by atoms with Gasteiger partial charge in [-0.15, -0.1) is 0 Å². The zero-order valence-corrected chi connectivity index (χ0v) is 11.0. The van der Waals surface area contributed by atoms with Gasteiger partial charge in [-0.05, 0) is 49.5 Å². The van der Waals surface area contributed by atoms with Gasteiger partial charge in [0.2, 0.25) is 5.91 Å². The third-order valence-electron chi connectivity index (χ3n) is 4.28. The van der Waals surface area contributed by atoms with Gasteiger partial charge in [0.15, 0.2) is 0 Å². The molecule has 2 aliphatic heterocycles. The second-order valence-corrected chi connectivity index (χ2v) is 5.55. The summed E-state index contributed by atoms with van der Waals surface area (Å²) in [5.74, 6) is 1.11. The van der Waals surface area contributed by atoms with E-state index in [0.717, 1.165) is 31.5 Å². The van der Waals surface area contributed by atoms with Crippen LogP contribution in [0.4, 0.5) is 0 Å². The highest BCUT2D eigenvalue weighted by Gasteiger charge is 2.36. The molecule has 4 nitrogen and oxygen atoms in total. The summed E-state index contributed by atoms with van der Waals surface area (Å²) in [6, 6.07) is 7.58. The first-order valence-corrected chi connectivity index (χ1v) is 7.02. The largest absolute Gasteiger partial charge is 0.508 e. The lowest BCUT2D eigenvalue weighted by Gasteiger charge is -2.44. The summed E-state index contributed by atoms with van der Waals surface area (Å²) in [5, 5.41) is 12.9. The fourth-order valence-corrected chi connectivity index (χ4v) is 3.31. The number of aromatic hydroxyl groups is 1. The molecule has 2 unspecified atom stereocenters. The van der Waals surface area contributed by atoms with E-state index in [9.17, 15) is 9.90 Å². The lowest BCUT2D eigenvalue weighted by Crippen LogP contribution is -2.54. The standard InChI is InChI=1S/C15H20N2O2/c18-13-3-1-2-11(8-13)10-17-14-6-7-16-9-12(14)4-5-15(17)19/h1-3,8,12,14,16,18H,4-7,9-10H2. The number of phenolic OH excluding ortho intramolecular Hbond substituents is 1. The number of carbonyl (C=O) groups excluding carboxylic acids is 1. The first kappa shape index (κ1) is 12.5. The molecule has 0 bridgehead atoms. The van der Waals surface area contributed by atoms with Crippen LogP contribution >= 0.6 is 0 Å². The Morgan fingerprint density at radius 1 is 1.37 bits per heavy atom. The fourth-order valence-electron chi connectivity index (χ4n) is 3.31. The number of carbonyl (C=O) groups is 1. The van der Waals surface area contributed by atoms with Crippen LogP contribution in [-0.2, 0) is 11.3 Å². The van der Waals surface area contributed by atoms with Gasteiger partial charge in [0, 0.05) is 19.0 Å². The second-order valence-electron chi connectivity index (χ2n) is 5.55. The Labute approximate surface area is 113 Å². The van der Waals surface area contributed by atoms with Crippen LogP contribution in [0.1, 0.15) is 24.8 Å².